The number of nitrogens with one attached hydrogen (secondary N) is 2. The molecule has 2 N–H and O–H groups in total. The number of amides is 1. The highest BCUT2D eigenvalue weighted by atomic mass is 16.1. The van der Waals surface area contributed by atoms with Gasteiger partial charge >= 0.3 is 0 Å². The fourth-order valence-electron chi connectivity index (χ4n) is 2.16. The van der Waals surface area contributed by atoms with E-state index in [1.165, 1.54) is 0 Å². The van der Waals surface area contributed by atoms with Gasteiger partial charge in [0.15, 0.2) is 0 Å². The van der Waals surface area contributed by atoms with Gasteiger partial charge < -0.3 is 15.5 Å². The molecule has 0 aliphatic heterocycles. The summed E-state index contributed by atoms with van der Waals surface area (Å²) in [6.07, 6.45) is 3.21. The highest BCUT2D eigenvalue weighted by Crippen LogP contribution is 2.23. The zero-order chi connectivity index (χ0) is 15.4. The van der Waals surface area contributed by atoms with Gasteiger partial charge in [0.1, 0.15) is 0 Å². The van der Waals surface area contributed by atoms with Crippen molar-refractivity contribution < 1.29 is 4.79 Å². The van der Waals surface area contributed by atoms with Crippen molar-refractivity contribution in [2.24, 2.45) is 0 Å². The van der Waals surface area contributed by atoms with Gasteiger partial charge in [-0.1, -0.05) is 6.07 Å². The van der Waals surface area contributed by atoms with E-state index in [-0.39, 0.29) is 5.91 Å². The van der Waals surface area contributed by atoms with Crippen LogP contribution in [0.4, 0.5) is 17.1 Å². The quantitative estimate of drug-likeness (QED) is 0.906. The minimum absolute atomic E-state index is 0.180. The molecule has 1 heterocycles. The molecule has 0 radical (unpaired) electrons. The van der Waals surface area contributed by atoms with Crippen LogP contribution in [0.25, 0.3) is 0 Å². The van der Waals surface area contributed by atoms with Crippen molar-refractivity contribution in [2.75, 3.05) is 36.7 Å². The summed E-state index contributed by atoms with van der Waals surface area (Å²) in [4.78, 5) is 18.4. The Morgan fingerprint density at radius 3 is 2.67 bits per heavy atom. The SMILES string of the molecule is CNc1ccncc1C(=O)Nc1ccc(C)c(N(C)C)c1. The number of carbonyl (C=O) groups is 1. The molecule has 5 nitrogen and oxygen atoms in total. The highest BCUT2D eigenvalue weighted by molar-refractivity contribution is 6.07. The number of aromatic nitrogens is 1. The second-order valence-electron chi connectivity index (χ2n) is 5.02. The van der Waals surface area contributed by atoms with Crippen molar-refractivity contribution in [3.8, 4) is 0 Å². The van der Waals surface area contributed by atoms with Crippen molar-refractivity contribution in [3.63, 3.8) is 0 Å². The Kier molecular flexibility index (Phi) is 4.42. The second kappa shape index (κ2) is 6.26. The van der Waals surface area contributed by atoms with Crippen molar-refractivity contribution in [1.82, 2.24) is 4.98 Å². The third-order valence-corrected chi connectivity index (χ3v) is 3.28. The largest absolute Gasteiger partial charge is 0.387 e. The average Bonchev–Trinajstić information content (AvgIpc) is 2.48. The second-order valence-corrected chi connectivity index (χ2v) is 5.02. The topological polar surface area (TPSA) is 57.3 Å². The number of hydrogen-bond acceptors (Lipinski definition) is 4. The number of hydrogen-bond donors (Lipinski definition) is 2. The number of anilines is 3. The lowest BCUT2D eigenvalue weighted by Gasteiger charge is -2.17. The maximum atomic E-state index is 12.4. The molecule has 0 unspecified atom stereocenters. The molecule has 2 aromatic rings. The van der Waals surface area contributed by atoms with Gasteiger partial charge in [-0.2, -0.15) is 0 Å². The van der Waals surface area contributed by atoms with E-state index in [1.54, 1.807) is 25.5 Å². The number of carbonyl (C=O) groups excluding carboxylic acids is 1. The lowest BCUT2D eigenvalue weighted by Crippen LogP contribution is -2.15. The van der Waals surface area contributed by atoms with Crippen LogP contribution in [0, 0.1) is 6.92 Å². The number of nitrogens with zero attached hydrogens (tertiary/aromatic N) is 2. The van der Waals surface area contributed by atoms with Crippen LogP contribution in [0.1, 0.15) is 15.9 Å². The van der Waals surface area contributed by atoms with E-state index in [4.69, 9.17) is 0 Å². The normalized spacial score (nSPS) is 10.1. The van der Waals surface area contributed by atoms with Crippen LogP contribution in [-0.2, 0) is 0 Å². The first-order chi connectivity index (χ1) is 10.0. The first-order valence-corrected chi connectivity index (χ1v) is 6.74. The van der Waals surface area contributed by atoms with E-state index in [2.05, 4.69) is 15.6 Å². The van der Waals surface area contributed by atoms with Gasteiger partial charge in [-0.15, -0.1) is 0 Å². The smallest absolute Gasteiger partial charge is 0.259 e. The van der Waals surface area contributed by atoms with Crippen molar-refractivity contribution >= 4 is 23.0 Å². The molecule has 0 aliphatic rings. The number of pyridine rings is 1. The number of benzene rings is 1. The molecule has 5 heteroatoms. The summed E-state index contributed by atoms with van der Waals surface area (Å²) in [5.41, 5.74) is 4.28. The van der Waals surface area contributed by atoms with Gasteiger partial charge in [0.2, 0.25) is 0 Å². The van der Waals surface area contributed by atoms with E-state index in [9.17, 15) is 4.79 Å². The number of rotatable bonds is 4. The average molecular weight is 284 g/mol. The minimum Gasteiger partial charge on any atom is -0.387 e. The summed E-state index contributed by atoms with van der Waals surface area (Å²) in [5.74, 6) is -0.180. The predicted octanol–water partition coefficient (Wildman–Crippen LogP) is 2.75. The van der Waals surface area contributed by atoms with Crippen molar-refractivity contribution in [3.05, 3.63) is 47.8 Å². The summed E-state index contributed by atoms with van der Waals surface area (Å²) in [7, 11) is 5.74. The van der Waals surface area contributed by atoms with E-state index in [1.807, 2.05) is 44.1 Å². The lowest BCUT2D eigenvalue weighted by atomic mass is 10.1. The molecule has 0 bridgehead atoms. The molecule has 0 atom stereocenters. The fraction of sp³-hybridized carbons (Fsp3) is 0.250. The summed E-state index contributed by atoms with van der Waals surface area (Å²) < 4.78 is 0. The third kappa shape index (κ3) is 3.31. The predicted molar refractivity (Wildman–Crippen MR) is 87.2 cm³/mol. The summed E-state index contributed by atoms with van der Waals surface area (Å²) in [6.45, 7) is 2.04. The zero-order valence-electron chi connectivity index (χ0n) is 12.8. The maximum absolute atomic E-state index is 12.4. The summed E-state index contributed by atoms with van der Waals surface area (Å²) >= 11 is 0. The fourth-order valence-corrected chi connectivity index (χ4v) is 2.16. The van der Waals surface area contributed by atoms with E-state index >= 15 is 0 Å². The molecule has 0 saturated heterocycles. The molecule has 21 heavy (non-hydrogen) atoms. The van der Waals surface area contributed by atoms with E-state index in [0.29, 0.717) is 5.56 Å². The van der Waals surface area contributed by atoms with Crippen LogP contribution in [0.2, 0.25) is 0 Å². The van der Waals surface area contributed by atoms with Crippen LogP contribution in [0.3, 0.4) is 0 Å². The van der Waals surface area contributed by atoms with Gasteiger partial charge in [0.05, 0.1) is 5.56 Å². The summed E-state index contributed by atoms with van der Waals surface area (Å²) in [6, 6.07) is 7.63. The van der Waals surface area contributed by atoms with Crippen LogP contribution in [0.5, 0.6) is 0 Å². The van der Waals surface area contributed by atoms with Crippen LogP contribution in [-0.4, -0.2) is 32.0 Å². The Hall–Kier alpha value is -2.56. The Balaban J connectivity index is 2.26. The first kappa shape index (κ1) is 14.8. The molecule has 0 spiro atoms. The molecule has 0 saturated carbocycles. The van der Waals surface area contributed by atoms with Gasteiger partial charge in [-0.05, 0) is 30.7 Å². The third-order valence-electron chi connectivity index (χ3n) is 3.28. The maximum Gasteiger partial charge on any atom is 0.259 e. The van der Waals surface area contributed by atoms with Crippen LogP contribution in [0.15, 0.2) is 36.7 Å². The molecular weight excluding hydrogens is 264 g/mol. The van der Waals surface area contributed by atoms with E-state index in [0.717, 1.165) is 22.6 Å². The van der Waals surface area contributed by atoms with Crippen LogP contribution < -0.4 is 15.5 Å². The Bertz CT molecular complexity index is 652. The van der Waals surface area contributed by atoms with Gasteiger partial charge in [-0.3, -0.25) is 9.78 Å². The monoisotopic (exact) mass is 284 g/mol. The highest BCUT2D eigenvalue weighted by Gasteiger charge is 2.12. The molecule has 1 amide bonds. The van der Waals surface area contributed by atoms with E-state index < -0.39 is 0 Å². The lowest BCUT2D eigenvalue weighted by molar-refractivity contribution is 0.102. The molecule has 2 rings (SSSR count). The molecule has 0 fully saturated rings. The molecule has 0 aliphatic carbocycles. The Labute approximate surface area is 125 Å². The standard InChI is InChI=1S/C16H20N4O/c1-11-5-6-12(9-15(11)20(3)4)19-16(21)13-10-18-8-7-14(13)17-2/h5-10H,1-4H3,(H,17,18)(H,19,21). The van der Waals surface area contributed by atoms with Gasteiger partial charge in [0, 0.05) is 50.6 Å². The summed E-state index contributed by atoms with van der Waals surface area (Å²) in [5, 5.41) is 5.90. The molecular formula is C16H20N4O. The number of aryl methyl sites for hydroxylation is 1. The van der Waals surface area contributed by atoms with Crippen LogP contribution >= 0.6 is 0 Å². The Morgan fingerprint density at radius 1 is 1.24 bits per heavy atom. The molecule has 1 aromatic heterocycles. The van der Waals surface area contributed by atoms with Gasteiger partial charge in [0.25, 0.3) is 5.91 Å². The Morgan fingerprint density at radius 2 is 2.00 bits per heavy atom. The minimum atomic E-state index is -0.180. The van der Waals surface area contributed by atoms with Crippen molar-refractivity contribution in [1.29, 1.82) is 0 Å². The molecule has 110 valence electrons. The zero-order valence-corrected chi connectivity index (χ0v) is 12.8. The first-order valence-electron chi connectivity index (χ1n) is 6.74. The van der Waals surface area contributed by atoms with Crippen molar-refractivity contribution in [2.45, 2.75) is 6.92 Å². The molecule has 1 aromatic carbocycles. The van der Waals surface area contributed by atoms with Gasteiger partial charge in [-0.25, -0.2) is 0 Å².